The van der Waals surface area contributed by atoms with Gasteiger partial charge in [0.05, 0.1) is 10.7 Å². The fraction of sp³-hybridized carbons (Fsp3) is 0.333. The largest absolute Gasteiger partial charge is 0.383 e. The van der Waals surface area contributed by atoms with Gasteiger partial charge in [-0.1, -0.05) is 23.7 Å². The first-order valence-corrected chi connectivity index (χ1v) is 4.44. The van der Waals surface area contributed by atoms with E-state index in [0.717, 1.165) is 29.2 Å². The van der Waals surface area contributed by atoms with Crippen LogP contribution >= 0.6 is 11.6 Å². The smallest absolute Gasteiger partial charge is 0.0640 e. The first-order valence-electron chi connectivity index (χ1n) is 4.07. The molecule has 3 heteroatoms. The lowest BCUT2D eigenvalue weighted by Gasteiger charge is -2.24. The van der Waals surface area contributed by atoms with Crippen molar-refractivity contribution in [3.8, 4) is 0 Å². The number of fused-ring (bicyclic) bond motifs is 1. The van der Waals surface area contributed by atoms with Gasteiger partial charge in [0, 0.05) is 12.6 Å². The van der Waals surface area contributed by atoms with E-state index < -0.39 is 0 Å². The average molecular weight is 183 g/mol. The second-order valence-electron chi connectivity index (χ2n) is 3.03. The molecule has 64 valence electrons. The maximum Gasteiger partial charge on any atom is 0.0640 e. The summed E-state index contributed by atoms with van der Waals surface area (Å²) in [6.07, 6.45) is 0.980. The van der Waals surface area contributed by atoms with E-state index in [9.17, 15) is 0 Å². The third-order valence-electron chi connectivity index (χ3n) is 2.20. The van der Waals surface area contributed by atoms with Crippen LogP contribution in [0.1, 0.15) is 18.0 Å². The monoisotopic (exact) mass is 182 g/mol. The number of para-hydroxylation sites is 1. The highest BCUT2D eigenvalue weighted by Crippen LogP contribution is 2.33. The SMILES string of the molecule is NC1CCNc2c(Cl)cccc21. The van der Waals surface area contributed by atoms with Crippen LogP contribution in [-0.4, -0.2) is 6.54 Å². The summed E-state index contributed by atoms with van der Waals surface area (Å²) >= 11 is 5.99. The van der Waals surface area contributed by atoms with Crippen LogP contribution in [0.2, 0.25) is 5.02 Å². The van der Waals surface area contributed by atoms with Crippen LogP contribution in [0.4, 0.5) is 5.69 Å². The highest BCUT2D eigenvalue weighted by atomic mass is 35.5. The molecule has 1 aromatic carbocycles. The maximum absolute atomic E-state index is 5.99. The van der Waals surface area contributed by atoms with Gasteiger partial charge in [0.25, 0.3) is 0 Å². The minimum absolute atomic E-state index is 0.139. The molecule has 1 heterocycles. The third kappa shape index (κ3) is 1.17. The average Bonchev–Trinajstić information content (AvgIpc) is 2.07. The lowest BCUT2D eigenvalue weighted by molar-refractivity contribution is 0.655. The first kappa shape index (κ1) is 7.90. The van der Waals surface area contributed by atoms with Gasteiger partial charge in [0.15, 0.2) is 0 Å². The summed E-state index contributed by atoms with van der Waals surface area (Å²) in [5, 5.41) is 4.02. The molecule has 1 aliphatic heterocycles. The van der Waals surface area contributed by atoms with Crippen LogP contribution in [0.3, 0.4) is 0 Å². The van der Waals surface area contributed by atoms with Crippen molar-refractivity contribution >= 4 is 17.3 Å². The second kappa shape index (κ2) is 2.96. The fourth-order valence-electron chi connectivity index (χ4n) is 1.54. The number of nitrogens with two attached hydrogens (primary N) is 1. The van der Waals surface area contributed by atoms with Gasteiger partial charge in [0.2, 0.25) is 0 Å². The molecule has 0 aromatic heterocycles. The van der Waals surface area contributed by atoms with Gasteiger partial charge in [0.1, 0.15) is 0 Å². The van der Waals surface area contributed by atoms with E-state index in [0.29, 0.717) is 0 Å². The molecule has 0 spiro atoms. The van der Waals surface area contributed by atoms with Crippen molar-refractivity contribution in [3.05, 3.63) is 28.8 Å². The lowest BCUT2D eigenvalue weighted by atomic mass is 9.99. The summed E-state index contributed by atoms with van der Waals surface area (Å²) in [7, 11) is 0. The molecule has 0 bridgehead atoms. The number of halogens is 1. The highest BCUT2D eigenvalue weighted by molar-refractivity contribution is 6.33. The molecule has 0 saturated heterocycles. The molecule has 2 nitrogen and oxygen atoms in total. The molecule has 0 aliphatic carbocycles. The molecule has 3 N–H and O–H groups in total. The zero-order chi connectivity index (χ0) is 8.55. The Hall–Kier alpha value is -0.730. The van der Waals surface area contributed by atoms with E-state index >= 15 is 0 Å². The van der Waals surface area contributed by atoms with Gasteiger partial charge in [-0.15, -0.1) is 0 Å². The number of hydrogen-bond acceptors (Lipinski definition) is 2. The zero-order valence-electron chi connectivity index (χ0n) is 6.68. The van der Waals surface area contributed by atoms with Gasteiger partial charge in [-0.3, -0.25) is 0 Å². The minimum Gasteiger partial charge on any atom is -0.383 e. The minimum atomic E-state index is 0.139. The molecule has 0 fully saturated rings. The molecule has 1 aromatic rings. The Morgan fingerprint density at radius 2 is 2.33 bits per heavy atom. The zero-order valence-corrected chi connectivity index (χ0v) is 7.43. The Morgan fingerprint density at radius 1 is 1.50 bits per heavy atom. The number of benzene rings is 1. The van der Waals surface area contributed by atoms with Crippen LogP contribution in [0.25, 0.3) is 0 Å². The maximum atomic E-state index is 5.99. The Kier molecular flexibility index (Phi) is 1.95. The Balaban J connectivity index is 2.52. The fourth-order valence-corrected chi connectivity index (χ4v) is 1.79. The summed E-state index contributed by atoms with van der Waals surface area (Å²) in [5.41, 5.74) is 8.06. The summed E-state index contributed by atoms with van der Waals surface area (Å²) in [4.78, 5) is 0. The Labute approximate surface area is 76.7 Å². The molecule has 1 unspecified atom stereocenters. The summed E-state index contributed by atoms with van der Waals surface area (Å²) < 4.78 is 0. The summed E-state index contributed by atoms with van der Waals surface area (Å²) in [6, 6.07) is 5.98. The van der Waals surface area contributed by atoms with Gasteiger partial charge in [-0.05, 0) is 18.1 Å². The third-order valence-corrected chi connectivity index (χ3v) is 2.52. The van der Waals surface area contributed by atoms with Crippen LogP contribution in [0.15, 0.2) is 18.2 Å². The highest BCUT2D eigenvalue weighted by Gasteiger charge is 2.17. The topological polar surface area (TPSA) is 38.0 Å². The van der Waals surface area contributed by atoms with E-state index in [1.807, 2.05) is 18.2 Å². The normalized spacial score (nSPS) is 21.3. The quantitative estimate of drug-likeness (QED) is 0.646. The first-order chi connectivity index (χ1) is 5.79. The molecule has 1 aliphatic rings. The number of hydrogen-bond donors (Lipinski definition) is 2. The van der Waals surface area contributed by atoms with Crippen molar-refractivity contribution < 1.29 is 0 Å². The van der Waals surface area contributed by atoms with Crippen molar-refractivity contribution in [2.45, 2.75) is 12.5 Å². The lowest BCUT2D eigenvalue weighted by Crippen LogP contribution is -2.22. The molecule has 1 atom stereocenters. The van der Waals surface area contributed by atoms with E-state index in [-0.39, 0.29) is 6.04 Å². The van der Waals surface area contributed by atoms with E-state index in [4.69, 9.17) is 17.3 Å². The molecular formula is C9H11ClN2. The van der Waals surface area contributed by atoms with Gasteiger partial charge in [-0.2, -0.15) is 0 Å². The molecular weight excluding hydrogens is 172 g/mol. The molecule has 2 rings (SSSR count). The van der Waals surface area contributed by atoms with Crippen LogP contribution in [0, 0.1) is 0 Å². The number of rotatable bonds is 0. The predicted octanol–water partition coefficient (Wildman–Crippen LogP) is 2.16. The van der Waals surface area contributed by atoms with E-state index in [1.54, 1.807) is 0 Å². The van der Waals surface area contributed by atoms with Crippen molar-refractivity contribution in [1.29, 1.82) is 0 Å². The predicted molar refractivity (Wildman–Crippen MR) is 51.5 cm³/mol. The summed E-state index contributed by atoms with van der Waals surface area (Å²) in [5.74, 6) is 0. The molecule has 0 amide bonds. The molecule has 0 saturated carbocycles. The van der Waals surface area contributed by atoms with Crippen molar-refractivity contribution in [3.63, 3.8) is 0 Å². The van der Waals surface area contributed by atoms with E-state index in [2.05, 4.69) is 5.32 Å². The van der Waals surface area contributed by atoms with Crippen LogP contribution < -0.4 is 11.1 Å². The molecule has 0 radical (unpaired) electrons. The Morgan fingerprint density at radius 3 is 3.08 bits per heavy atom. The number of nitrogens with one attached hydrogen (secondary N) is 1. The van der Waals surface area contributed by atoms with Gasteiger partial charge in [-0.25, -0.2) is 0 Å². The Bertz CT molecular complexity index is 299. The van der Waals surface area contributed by atoms with Gasteiger partial charge >= 0.3 is 0 Å². The van der Waals surface area contributed by atoms with Crippen LogP contribution in [-0.2, 0) is 0 Å². The van der Waals surface area contributed by atoms with Gasteiger partial charge < -0.3 is 11.1 Å². The van der Waals surface area contributed by atoms with Crippen LogP contribution in [0.5, 0.6) is 0 Å². The second-order valence-corrected chi connectivity index (χ2v) is 3.43. The van der Waals surface area contributed by atoms with Crippen molar-refractivity contribution in [1.82, 2.24) is 0 Å². The van der Waals surface area contributed by atoms with Crippen molar-refractivity contribution in [2.75, 3.05) is 11.9 Å². The van der Waals surface area contributed by atoms with E-state index in [1.165, 1.54) is 0 Å². The standard InChI is InChI=1S/C9H11ClN2/c10-7-3-1-2-6-8(11)4-5-12-9(6)7/h1-3,8,12H,4-5,11H2. The number of anilines is 1. The summed E-state index contributed by atoms with van der Waals surface area (Å²) in [6.45, 7) is 0.915. The van der Waals surface area contributed by atoms with Crippen molar-refractivity contribution in [2.24, 2.45) is 5.73 Å². The molecule has 12 heavy (non-hydrogen) atoms.